The van der Waals surface area contributed by atoms with Gasteiger partial charge in [-0.1, -0.05) is 0 Å². The number of ether oxygens (including phenoxy) is 2. The van der Waals surface area contributed by atoms with E-state index >= 15 is 0 Å². The van der Waals surface area contributed by atoms with Crippen molar-refractivity contribution < 1.29 is 22.6 Å². The summed E-state index contributed by atoms with van der Waals surface area (Å²) in [5, 5.41) is 0. The van der Waals surface area contributed by atoms with Gasteiger partial charge in [0.15, 0.2) is 0 Å². The zero-order valence-corrected chi connectivity index (χ0v) is 8.22. The predicted molar refractivity (Wildman–Crippen MR) is 48.1 cm³/mol. The summed E-state index contributed by atoms with van der Waals surface area (Å²) in [5.41, 5.74) is 6.45. The number of halogens is 3. The third-order valence-electron chi connectivity index (χ3n) is 2.00. The van der Waals surface area contributed by atoms with Crippen molar-refractivity contribution >= 4 is 0 Å². The highest BCUT2D eigenvalue weighted by Gasteiger charge is 2.28. The molecule has 0 amide bonds. The molecule has 15 heavy (non-hydrogen) atoms. The Bertz CT molecular complexity index is 228. The molecule has 0 saturated carbocycles. The summed E-state index contributed by atoms with van der Waals surface area (Å²) in [6.07, 6.45) is -1.17. The Morgan fingerprint density at radius 3 is 2.80 bits per heavy atom. The molecule has 1 unspecified atom stereocenters. The number of hydrogen-bond acceptors (Lipinski definition) is 3. The zero-order chi connectivity index (χ0) is 11.3. The van der Waals surface area contributed by atoms with E-state index in [4.69, 9.17) is 10.5 Å². The van der Waals surface area contributed by atoms with Crippen LogP contribution in [0.2, 0.25) is 0 Å². The first-order chi connectivity index (χ1) is 6.99. The average molecular weight is 225 g/mol. The molecule has 0 saturated heterocycles. The molecule has 3 nitrogen and oxygen atoms in total. The predicted octanol–water partition coefficient (Wildman–Crippen LogP) is 1.59. The van der Waals surface area contributed by atoms with Crippen molar-refractivity contribution in [1.29, 1.82) is 0 Å². The van der Waals surface area contributed by atoms with Crippen LogP contribution in [0.4, 0.5) is 13.2 Å². The Kier molecular flexibility index (Phi) is 4.41. The quantitative estimate of drug-likeness (QED) is 0.790. The average Bonchev–Trinajstić information content (AvgIpc) is 2.17. The van der Waals surface area contributed by atoms with Gasteiger partial charge < -0.3 is 15.2 Å². The van der Waals surface area contributed by atoms with Crippen molar-refractivity contribution in [2.45, 2.75) is 25.1 Å². The van der Waals surface area contributed by atoms with E-state index in [-0.39, 0.29) is 6.61 Å². The lowest BCUT2D eigenvalue weighted by atomic mass is 10.0. The van der Waals surface area contributed by atoms with Crippen LogP contribution in [0.25, 0.3) is 0 Å². The molecule has 0 fully saturated rings. The molecule has 1 heterocycles. The molecule has 1 aliphatic rings. The Morgan fingerprint density at radius 1 is 1.53 bits per heavy atom. The topological polar surface area (TPSA) is 44.5 Å². The monoisotopic (exact) mass is 225 g/mol. The zero-order valence-electron chi connectivity index (χ0n) is 8.22. The SMILES string of the molecule is NC(COCC(F)(F)F)C1=COCCC1. The van der Waals surface area contributed by atoms with Crippen LogP contribution in [0, 0.1) is 0 Å². The first-order valence-corrected chi connectivity index (χ1v) is 4.69. The fourth-order valence-corrected chi connectivity index (χ4v) is 1.27. The summed E-state index contributed by atoms with van der Waals surface area (Å²) in [6.45, 7) is -0.747. The van der Waals surface area contributed by atoms with Crippen molar-refractivity contribution in [1.82, 2.24) is 0 Å². The van der Waals surface area contributed by atoms with E-state index in [0.717, 1.165) is 18.4 Å². The standard InChI is InChI=1S/C9H14F3NO2/c10-9(11,12)6-15-5-8(13)7-2-1-3-14-4-7/h4,8H,1-3,5-6,13H2. The normalized spacial score (nSPS) is 19.3. The molecule has 2 N–H and O–H groups in total. The Morgan fingerprint density at radius 2 is 2.27 bits per heavy atom. The van der Waals surface area contributed by atoms with Gasteiger partial charge in [0.2, 0.25) is 0 Å². The smallest absolute Gasteiger partial charge is 0.411 e. The minimum Gasteiger partial charge on any atom is -0.501 e. The van der Waals surface area contributed by atoms with Gasteiger partial charge in [-0.15, -0.1) is 0 Å². The molecule has 0 radical (unpaired) electrons. The third kappa shape index (κ3) is 5.03. The third-order valence-corrected chi connectivity index (χ3v) is 2.00. The van der Waals surface area contributed by atoms with E-state index < -0.39 is 18.8 Å². The van der Waals surface area contributed by atoms with Crippen LogP contribution in [0.15, 0.2) is 11.8 Å². The molecule has 0 aliphatic carbocycles. The summed E-state index contributed by atoms with van der Waals surface area (Å²) in [5.74, 6) is 0. The van der Waals surface area contributed by atoms with Gasteiger partial charge in [-0.2, -0.15) is 13.2 Å². The second kappa shape index (κ2) is 5.37. The molecule has 0 aromatic heterocycles. The highest BCUT2D eigenvalue weighted by Crippen LogP contribution is 2.17. The highest BCUT2D eigenvalue weighted by atomic mass is 19.4. The van der Waals surface area contributed by atoms with Crippen molar-refractivity contribution in [3.63, 3.8) is 0 Å². The van der Waals surface area contributed by atoms with Crippen molar-refractivity contribution in [2.75, 3.05) is 19.8 Å². The van der Waals surface area contributed by atoms with E-state index in [1.165, 1.54) is 6.26 Å². The maximum atomic E-state index is 11.7. The van der Waals surface area contributed by atoms with E-state index in [0.29, 0.717) is 6.61 Å². The second-order valence-electron chi connectivity index (χ2n) is 3.40. The van der Waals surface area contributed by atoms with E-state index in [9.17, 15) is 13.2 Å². The molecule has 0 aromatic rings. The van der Waals surface area contributed by atoms with Gasteiger partial charge in [0, 0.05) is 0 Å². The number of hydrogen-bond donors (Lipinski definition) is 1. The Balaban J connectivity index is 2.23. The maximum absolute atomic E-state index is 11.7. The largest absolute Gasteiger partial charge is 0.501 e. The van der Waals surface area contributed by atoms with Crippen molar-refractivity contribution in [3.8, 4) is 0 Å². The number of rotatable bonds is 4. The van der Waals surface area contributed by atoms with Gasteiger partial charge in [0.1, 0.15) is 6.61 Å². The minimum atomic E-state index is -4.29. The van der Waals surface area contributed by atoms with Gasteiger partial charge in [0.05, 0.1) is 25.5 Å². The van der Waals surface area contributed by atoms with Gasteiger partial charge in [0.25, 0.3) is 0 Å². The fraction of sp³-hybridized carbons (Fsp3) is 0.778. The summed E-state index contributed by atoms with van der Waals surface area (Å²) in [4.78, 5) is 0. The van der Waals surface area contributed by atoms with E-state index in [2.05, 4.69) is 4.74 Å². The van der Waals surface area contributed by atoms with Crippen molar-refractivity contribution in [3.05, 3.63) is 11.8 Å². The van der Waals surface area contributed by atoms with Crippen LogP contribution in [-0.4, -0.2) is 32.0 Å². The summed E-state index contributed by atoms with van der Waals surface area (Å²) >= 11 is 0. The highest BCUT2D eigenvalue weighted by molar-refractivity contribution is 5.08. The number of nitrogens with two attached hydrogens (primary N) is 1. The van der Waals surface area contributed by atoms with E-state index in [1.54, 1.807) is 0 Å². The first-order valence-electron chi connectivity index (χ1n) is 4.69. The minimum absolute atomic E-state index is 0.130. The summed E-state index contributed by atoms with van der Waals surface area (Å²) in [7, 11) is 0. The maximum Gasteiger partial charge on any atom is 0.411 e. The van der Waals surface area contributed by atoms with Crippen molar-refractivity contribution in [2.24, 2.45) is 5.73 Å². The van der Waals surface area contributed by atoms with Gasteiger partial charge in [-0.3, -0.25) is 0 Å². The molecule has 88 valence electrons. The molecule has 0 spiro atoms. The molecule has 1 atom stereocenters. The fourth-order valence-electron chi connectivity index (χ4n) is 1.27. The lowest BCUT2D eigenvalue weighted by molar-refractivity contribution is -0.174. The molecular formula is C9H14F3NO2. The Labute approximate surface area is 86.0 Å². The Hall–Kier alpha value is -0.750. The molecule has 0 bridgehead atoms. The number of alkyl halides is 3. The summed E-state index contributed by atoms with van der Waals surface area (Å²) in [6, 6.07) is -0.507. The van der Waals surface area contributed by atoms with Crippen LogP contribution in [0.3, 0.4) is 0 Å². The van der Waals surface area contributed by atoms with Crippen LogP contribution >= 0.6 is 0 Å². The molecule has 0 aromatic carbocycles. The van der Waals surface area contributed by atoms with Crippen LogP contribution in [0.1, 0.15) is 12.8 Å². The van der Waals surface area contributed by atoms with Gasteiger partial charge >= 0.3 is 6.18 Å². The lowest BCUT2D eigenvalue weighted by Crippen LogP contribution is -2.32. The lowest BCUT2D eigenvalue weighted by Gasteiger charge is -2.19. The van der Waals surface area contributed by atoms with Gasteiger partial charge in [-0.05, 0) is 18.4 Å². The molecular weight excluding hydrogens is 211 g/mol. The molecule has 1 aliphatic heterocycles. The van der Waals surface area contributed by atoms with Crippen LogP contribution in [-0.2, 0) is 9.47 Å². The molecule has 1 rings (SSSR count). The van der Waals surface area contributed by atoms with Crippen LogP contribution < -0.4 is 5.73 Å². The second-order valence-corrected chi connectivity index (χ2v) is 3.40. The van der Waals surface area contributed by atoms with Crippen LogP contribution in [0.5, 0.6) is 0 Å². The van der Waals surface area contributed by atoms with Gasteiger partial charge in [-0.25, -0.2) is 0 Å². The first kappa shape index (κ1) is 12.3. The summed E-state index contributed by atoms with van der Waals surface area (Å²) < 4.78 is 44.7. The molecule has 6 heteroatoms. The van der Waals surface area contributed by atoms with E-state index in [1.807, 2.05) is 0 Å².